The molecule has 7 N–H and O–H groups in total. The first-order valence-corrected chi connectivity index (χ1v) is 6.91. The molecule has 0 aliphatic heterocycles. The van der Waals surface area contributed by atoms with Gasteiger partial charge in [0.15, 0.2) is 0 Å². The van der Waals surface area contributed by atoms with Gasteiger partial charge in [0, 0.05) is 5.69 Å². The lowest BCUT2D eigenvalue weighted by atomic mass is 10.1. The summed E-state index contributed by atoms with van der Waals surface area (Å²) in [7, 11) is 1.65. The van der Waals surface area contributed by atoms with Gasteiger partial charge in [0.2, 0.25) is 0 Å². The van der Waals surface area contributed by atoms with Gasteiger partial charge < -0.3 is 27.0 Å². The van der Waals surface area contributed by atoms with E-state index in [9.17, 15) is 9.59 Å². The Morgan fingerprint density at radius 1 is 1.14 bits per heavy atom. The van der Waals surface area contributed by atoms with E-state index in [-0.39, 0.29) is 5.92 Å². The van der Waals surface area contributed by atoms with Crippen LogP contribution in [0.1, 0.15) is 19.4 Å². The van der Waals surface area contributed by atoms with Gasteiger partial charge in [0.05, 0.1) is 0 Å². The van der Waals surface area contributed by atoms with E-state index in [2.05, 4.69) is 5.32 Å². The zero-order chi connectivity index (χ0) is 17.3. The molecule has 124 valence electrons. The number of likely N-dealkylation sites (N-methyl/N-ethyl adjacent to an activating group) is 1. The Bertz CT molecular complexity index is 474. The van der Waals surface area contributed by atoms with Gasteiger partial charge in [0.25, 0.3) is 0 Å². The number of aliphatic carboxylic acids is 2. The number of carbonyl (C=O) groups is 2. The van der Waals surface area contributed by atoms with Crippen LogP contribution in [-0.4, -0.2) is 41.3 Å². The van der Waals surface area contributed by atoms with E-state index in [0.29, 0.717) is 12.1 Å². The van der Waals surface area contributed by atoms with E-state index >= 15 is 0 Å². The Hall–Kier alpha value is -2.12. The minimum absolute atomic E-state index is 0.146. The highest BCUT2D eigenvalue weighted by Crippen LogP contribution is 2.07. The molecule has 0 heterocycles. The number of rotatable bonds is 6. The molecule has 22 heavy (non-hydrogen) atoms. The third-order valence-electron chi connectivity index (χ3n) is 3.00. The van der Waals surface area contributed by atoms with Gasteiger partial charge in [-0.3, -0.25) is 9.59 Å². The van der Waals surface area contributed by atoms with Crippen LogP contribution >= 0.6 is 0 Å². The third kappa shape index (κ3) is 7.61. The number of anilines is 1. The molecule has 0 amide bonds. The molecule has 0 saturated heterocycles. The van der Waals surface area contributed by atoms with Crippen molar-refractivity contribution in [3.05, 3.63) is 29.8 Å². The number of hydrogen-bond donors (Lipinski definition) is 5. The number of carboxylic acids is 2. The Morgan fingerprint density at radius 3 is 1.91 bits per heavy atom. The fourth-order valence-electron chi connectivity index (χ4n) is 1.74. The van der Waals surface area contributed by atoms with E-state index in [0.717, 1.165) is 5.56 Å². The number of hydrogen-bond acceptors (Lipinski definition) is 5. The molecule has 0 bridgehead atoms. The molecule has 2 atom stereocenters. The van der Waals surface area contributed by atoms with Crippen LogP contribution in [0.4, 0.5) is 5.69 Å². The fourth-order valence-corrected chi connectivity index (χ4v) is 1.74. The van der Waals surface area contributed by atoms with Crippen molar-refractivity contribution < 1.29 is 19.8 Å². The van der Waals surface area contributed by atoms with Crippen molar-refractivity contribution in [1.29, 1.82) is 0 Å². The lowest BCUT2D eigenvalue weighted by molar-refractivity contribution is -0.140. The first-order valence-electron chi connectivity index (χ1n) is 6.91. The van der Waals surface area contributed by atoms with Crippen LogP contribution in [0.25, 0.3) is 0 Å². The summed E-state index contributed by atoms with van der Waals surface area (Å²) in [5, 5.41) is 19.7. The third-order valence-corrected chi connectivity index (χ3v) is 3.00. The first-order chi connectivity index (χ1) is 10.2. The smallest absolute Gasteiger partial charge is 0.320 e. The van der Waals surface area contributed by atoms with E-state index in [4.69, 9.17) is 21.7 Å². The highest BCUT2D eigenvalue weighted by Gasteiger charge is 2.17. The summed E-state index contributed by atoms with van der Waals surface area (Å²) in [6.45, 7) is 3.74. The molecule has 7 heteroatoms. The van der Waals surface area contributed by atoms with Crippen molar-refractivity contribution in [2.24, 2.45) is 11.7 Å². The number of nitrogens with two attached hydrogens (primary N) is 2. The maximum atomic E-state index is 10.4. The Morgan fingerprint density at radius 2 is 1.64 bits per heavy atom. The van der Waals surface area contributed by atoms with Gasteiger partial charge in [-0.05, 0) is 37.1 Å². The van der Waals surface area contributed by atoms with Gasteiger partial charge in [-0.15, -0.1) is 0 Å². The maximum absolute atomic E-state index is 10.4. The van der Waals surface area contributed by atoms with Gasteiger partial charge in [-0.2, -0.15) is 0 Å². The SMILES string of the molecule is CN[C@H](C(=O)O)C(C)C.Nc1ccc(C[C@H](N)C(=O)O)cc1. The molecule has 0 radical (unpaired) electrons. The zero-order valence-corrected chi connectivity index (χ0v) is 13.1. The summed E-state index contributed by atoms with van der Waals surface area (Å²) < 4.78 is 0. The largest absolute Gasteiger partial charge is 0.480 e. The quantitative estimate of drug-likeness (QED) is 0.483. The minimum atomic E-state index is -0.989. The summed E-state index contributed by atoms with van der Waals surface area (Å²) in [5.74, 6) is -1.63. The van der Waals surface area contributed by atoms with E-state index in [1.54, 1.807) is 31.3 Å². The average Bonchev–Trinajstić information content (AvgIpc) is 2.41. The van der Waals surface area contributed by atoms with Gasteiger partial charge in [0.1, 0.15) is 12.1 Å². The van der Waals surface area contributed by atoms with Crippen LogP contribution in [-0.2, 0) is 16.0 Å². The summed E-state index contributed by atoms with van der Waals surface area (Å²) >= 11 is 0. The number of nitrogen functional groups attached to an aromatic ring is 1. The molecular weight excluding hydrogens is 286 g/mol. The molecule has 0 saturated carbocycles. The summed E-state index contributed by atoms with van der Waals surface area (Å²) in [6.07, 6.45) is 0.329. The summed E-state index contributed by atoms with van der Waals surface area (Å²) in [6, 6.07) is 5.75. The van der Waals surface area contributed by atoms with Crippen LogP contribution in [0.5, 0.6) is 0 Å². The van der Waals surface area contributed by atoms with E-state index < -0.39 is 24.0 Å². The second kappa shape index (κ2) is 9.75. The predicted octanol–water partition coefficient (Wildman–Crippen LogP) is 0.538. The van der Waals surface area contributed by atoms with Crippen molar-refractivity contribution in [3.8, 4) is 0 Å². The Balaban J connectivity index is 0.000000433. The first kappa shape index (κ1) is 19.9. The Kier molecular flexibility index (Phi) is 8.81. The van der Waals surface area contributed by atoms with Crippen molar-refractivity contribution >= 4 is 17.6 Å². The molecule has 0 spiro atoms. The lowest BCUT2D eigenvalue weighted by Gasteiger charge is -2.13. The average molecular weight is 311 g/mol. The van der Waals surface area contributed by atoms with Crippen LogP contribution in [0, 0.1) is 5.92 Å². The maximum Gasteiger partial charge on any atom is 0.320 e. The van der Waals surface area contributed by atoms with Crippen LogP contribution in [0.2, 0.25) is 0 Å². The molecule has 0 unspecified atom stereocenters. The highest BCUT2D eigenvalue weighted by atomic mass is 16.4. The van der Waals surface area contributed by atoms with Crippen molar-refractivity contribution in [2.45, 2.75) is 32.4 Å². The minimum Gasteiger partial charge on any atom is -0.480 e. The van der Waals surface area contributed by atoms with Crippen molar-refractivity contribution in [3.63, 3.8) is 0 Å². The highest BCUT2D eigenvalue weighted by molar-refractivity contribution is 5.74. The summed E-state index contributed by atoms with van der Waals surface area (Å²) in [4.78, 5) is 20.7. The van der Waals surface area contributed by atoms with Crippen molar-refractivity contribution in [2.75, 3.05) is 12.8 Å². The summed E-state index contributed by atoms with van der Waals surface area (Å²) in [5.41, 5.74) is 12.4. The monoisotopic (exact) mass is 311 g/mol. The van der Waals surface area contributed by atoms with Crippen molar-refractivity contribution in [1.82, 2.24) is 5.32 Å². The van der Waals surface area contributed by atoms with Crippen LogP contribution < -0.4 is 16.8 Å². The standard InChI is InChI=1S/C9H12N2O2.C6H13NO2/c10-7-3-1-6(2-4-7)5-8(11)9(12)13;1-4(2)5(7-3)6(8)9/h1-4,8H,5,10-11H2,(H,12,13);4-5,7H,1-3H3,(H,8,9)/t8-;5-/m00/s1. The normalized spacial score (nSPS) is 13.0. The molecule has 0 aliphatic rings. The molecule has 0 fully saturated rings. The van der Waals surface area contributed by atoms with Crippen LogP contribution in [0.15, 0.2) is 24.3 Å². The molecule has 0 aliphatic carbocycles. The fraction of sp³-hybridized carbons (Fsp3) is 0.467. The van der Waals surface area contributed by atoms with Gasteiger partial charge in [-0.25, -0.2) is 0 Å². The molecular formula is C15H25N3O4. The second-order valence-corrected chi connectivity index (χ2v) is 5.24. The molecule has 7 nitrogen and oxygen atoms in total. The number of benzene rings is 1. The van der Waals surface area contributed by atoms with E-state index in [1.807, 2.05) is 13.8 Å². The second-order valence-electron chi connectivity index (χ2n) is 5.24. The van der Waals surface area contributed by atoms with Crippen LogP contribution in [0.3, 0.4) is 0 Å². The van der Waals surface area contributed by atoms with Gasteiger partial charge >= 0.3 is 11.9 Å². The molecule has 1 aromatic rings. The topological polar surface area (TPSA) is 139 Å². The Labute approximate surface area is 130 Å². The lowest BCUT2D eigenvalue weighted by Crippen LogP contribution is -2.38. The molecule has 1 aromatic carbocycles. The van der Waals surface area contributed by atoms with Gasteiger partial charge in [-0.1, -0.05) is 26.0 Å². The zero-order valence-electron chi connectivity index (χ0n) is 13.1. The molecule has 0 aromatic heterocycles. The molecule has 1 rings (SSSR count). The number of nitrogens with one attached hydrogen (secondary N) is 1. The predicted molar refractivity (Wildman–Crippen MR) is 85.5 cm³/mol. The van der Waals surface area contributed by atoms with E-state index in [1.165, 1.54) is 0 Å². The number of carboxylic acid groups (broad SMARTS) is 2.